The second-order valence-electron chi connectivity index (χ2n) is 7.02. The third-order valence-corrected chi connectivity index (χ3v) is 4.55. The molecule has 4 heteroatoms. The molecule has 0 saturated carbocycles. The monoisotopic (exact) mass is 372 g/mol. The van der Waals surface area contributed by atoms with Gasteiger partial charge in [-0.25, -0.2) is 0 Å². The Hall–Kier alpha value is -0.610. The van der Waals surface area contributed by atoms with Gasteiger partial charge in [0.1, 0.15) is 6.61 Å². The summed E-state index contributed by atoms with van der Waals surface area (Å²) >= 11 is 0. The van der Waals surface area contributed by atoms with Crippen molar-refractivity contribution in [3.05, 3.63) is 0 Å². The van der Waals surface area contributed by atoms with Gasteiger partial charge in [0.25, 0.3) is 0 Å². The van der Waals surface area contributed by atoms with Gasteiger partial charge in [-0.2, -0.15) is 0 Å². The quantitative estimate of drug-likeness (QED) is 0.181. The third-order valence-electron chi connectivity index (χ3n) is 4.55. The first kappa shape index (κ1) is 25.4. The minimum Gasteiger partial charge on any atom is -0.463 e. The largest absolute Gasteiger partial charge is 0.463 e. The summed E-state index contributed by atoms with van der Waals surface area (Å²) in [7, 11) is 0. The number of esters is 1. The molecule has 0 fully saturated rings. The fourth-order valence-corrected chi connectivity index (χ4v) is 2.94. The zero-order valence-corrected chi connectivity index (χ0v) is 17.6. The molecule has 26 heavy (non-hydrogen) atoms. The van der Waals surface area contributed by atoms with Crippen LogP contribution in [0.5, 0.6) is 0 Å². The van der Waals surface area contributed by atoms with Crippen molar-refractivity contribution < 1.29 is 19.0 Å². The minimum atomic E-state index is -0.0959. The molecule has 0 aromatic heterocycles. The van der Waals surface area contributed by atoms with E-state index < -0.39 is 0 Å². The molecule has 156 valence electrons. The average molecular weight is 373 g/mol. The Bertz CT molecular complexity index is 281. The van der Waals surface area contributed by atoms with Crippen LogP contribution in [0.25, 0.3) is 0 Å². The van der Waals surface area contributed by atoms with Crippen molar-refractivity contribution in [1.29, 1.82) is 0 Å². The highest BCUT2D eigenvalue weighted by Gasteiger charge is 2.02. The van der Waals surface area contributed by atoms with Gasteiger partial charge in [0.2, 0.25) is 0 Å². The molecule has 0 rings (SSSR count). The average Bonchev–Trinajstić information content (AvgIpc) is 2.64. The normalized spacial score (nSPS) is 11.0. The van der Waals surface area contributed by atoms with Crippen LogP contribution in [-0.4, -0.2) is 39.0 Å². The molecule has 0 heterocycles. The molecule has 0 aromatic carbocycles. The van der Waals surface area contributed by atoms with Gasteiger partial charge in [-0.3, -0.25) is 4.79 Å². The Balaban J connectivity index is 3.12. The van der Waals surface area contributed by atoms with E-state index in [-0.39, 0.29) is 5.97 Å². The molecule has 0 aliphatic carbocycles. The lowest BCUT2D eigenvalue weighted by molar-refractivity contribution is -0.145. The molecular weight excluding hydrogens is 328 g/mol. The van der Waals surface area contributed by atoms with Crippen molar-refractivity contribution in [2.45, 2.75) is 104 Å². The number of hydrogen-bond acceptors (Lipinski definition) is 4. The summed E-state index contributed by atoms with van der Waals surface area (Å²) in [5, 5.41) is 0. The molecule has 0 bridgehead atoms. The van der Waals surface area contributed by atoms with Crippen LogP contribution in [0.3, 0.4) is 0 Å². The first-order valence-electron chi connectivity index (χ1n) is 11.1. The van der Waals surface area contributed by atoms with E-state index in [0.717, 1.165) is 12.8 Å². The molecule has 0 atom stereocenters. The van der Waals surface area contributed by atoms with E-state index in [0.29, 0.717) is 39.5 Å². The van der Waals surface area contributed by atoms with Crippen LogP contribution in [0.15, 0.2) is 0 Å². The predicted octanol–water partition coefficient (Wildman–Crippen LogP) is 6.06. The standard InChI is InChI=1S/C22H44O4/c1-3-5-6-7-8-9-10-11-12-13-14-15-16-17-22(23)26-21-20-25-19-18-24-4-2/h3-21H2,1-2H3. The lowest BCUT2D eigenvalue weighted by Crippen LogP contribution is -2.12. The highest BCUT2D eigenvalue weighted by molar-refractivity contribution is 5.69. The van der Waals surface area contributed by atoms with Gasteiger partial charge < -0.3 is 14.2 Å². The molecule has 0 aliphatic heterocycles. The maximum absolute atomic E-state index is 11.6. The Morgan fingerprint density at radius 1 is 0.577 bits per heavy atom. The van der Waals surface area contributed by atoms with Crippen LogP contribution in [0.4, 0.5) is 0 Å². The summed E-state index contributed by atoms with van der Waals surface area (Å²) in [4.78, 5) is 11.6. The number of unbranched alkanes of at least 4 members (excludes halogenated alkanes) is 12. The molecular formula is C22H44O4. The number of ether oxygens (including phenoxy) is 3. The predicted molar refractivity (Wildman–Crippen MR) is 109 cm³/mol. The summed E-state index contributed by atoms with van der Waals surface area (Å²) in [6, 6.07) is 0. The smallest absolute Gasteiger partial charge is 0.305 e. The summed E-state index contributed by atoms with van der Waals surface area (Å²) < 4.78 is 15.6. The second-order valence-corrected chi connectivity index (χ2v) is 7.02. The van der Waals surface area contributed by atoms with Gasteiger partial charge in [0, 0.05) is 13.0 Å². The zero-order valence-electron chi connectivity index (χ0n) is 17.6. The first-order valence-corrected chi connectivity index (χ1v) is 11.1. The van der Waals surface area contributed by atoms with E-state index in [2.05, 4.69) is 6.92 Å². The van der Waals surface area contributed by atoms with Gasteiger partial charge in [0.05, 0.1) is 19.8 Å². The maximum atomic E-state index is 11.6. The Kier molecular flexibility index (Phi) is 21.9. The Morgan fingerprint density at radius 3 is 1.58 bits per heavy atom. The highest BCUT2D eigenvalue weighted by atomic mass is 16.6. The highest BCUT2D eigenvalue weighted by Crippen LogP contribution is 2.13. The lowest BCUT2D eigenvalue weighted by atomic mass is 10.0. The van der Waals surface area contributed by atoms with E-state index in [1.54, 1.807) is 0 Å². The number of hydrogen-bond donors (Lipinski definition) is 0. The summed E-state index contributed by atoms with van der Waals surface area (Å²) in [5.41, 5.74) is 0. The van der Waals surface area contributed by atoms with Crippen molar-refractivity contribution in [2.75, 3.05) is 33.0 Å². The van der Waals surface area contributed by atoms with Gasteiger partial charge in [-0.15, -0.1) is 0 Å². The van der Waals surface area contributed by atoms with E-state index in [9.17, 15) is 4.79 Å². The number of carbonyl (C=O) groups is 1. The lowest BCUT2D eigenvalue weighted by Gasteiger charge is -2.06. The topological polar surface area (TPSA) is 44.8 Å². The second kappa shape index (κ2) is 22.4. The van der Waals surface area contributed by atoms with E-state index in [1.807, 2.05) is 6.92 Å². The van der Waals surface area contributed by atoms with Crippen LogP contribution in [-0.2, 0) is 19.0 Å². The fourth-order valence-electron chi connectivity index (χ4n) is 2.94. The Morgan fingerprint density at radius 2 is 1.04 bits per heavy atom. The minimum absolute atomic E-state index is 0.0959. The Labute approximate surface area is 162 Å². The third kappa shape index (κ3) is 21.4. The number of carbonyl (C=O) groups excluding carboxylic acids is 1. The van der Waals surface area contributed by atoms with Gasteiger partial charge >= 0.3 is 5.97 Å². The van der Waals surface area contributed by atoms with Gasteiger partial charge in [0.15, 0.2) is 0 Å². The van der Waals surface area contributed by atoms with Crippen molar-refractivity contribution >= 4 is 5.97 Å². The van der Waals surface area contributed by atoms with E-state index in [1.165, 1.54) is 70.6 Å². The number of rotatable bonds is 21. The van der Waals surface area contributed by atoms with Crippen LogP contribution >= 0.6 is 0 Å². The molecule has 0 N–H and O–H groups in total. The summed E-state index contributed by atoms with van der Waals surface area (Å²) in [6.45, 7) is 6.90. The molecule has 0 radical (unpaired) electrons. The van der Waals surface area contributed by atoms with Crippen LogP contribution in [0.1, 0.15) is 104 Å². The molecule has 0 unspecified atom stereocenters. The van der Waals surface area contributed by atoms with E-state index in [4.69, 9.17) is 14.2 Å². The van der Waals surface area contributed by atoms with Gasteiger partial charge in [-0.1, -0.05) is 84.0 Å². The molecule has 4 nitrogen and oxygen atoms in total. The molecule has 0 saturated heterocycles. The van der Waals surface area contributed by atoms with Crippen molar-refractivity contribution in [2.24, 2.45) is 0 Å². The molecule has 0 spiro atoms. The first-order chi connectivity index (χ1) is 12.8. The van der Waals surface area contributed by atoms with Crippen molar-refractivity contribution in [3.8, 4) is 0 Å². The molecule has 0 aliphatic rings. The zero-order chi connectivity index (χ0) is 19.1. The van der Waals surface area contributed by atoms with Crippen molar-refractivity contribution in [1.82, 2.24) is 0 Å². The summed E-state index contributed by atoms with van der Waals surface area (Å²) in [5.74, 6) is -0.0959. The van der Waals surface area contributed by atoms with Crippen molar-refractivity contribution in [3.63, 3.8) is 0 Å². The van der Waals surface area contributed by atoms with Gasteiger partial charge in [-0.05, 0) is 13.3 Å². The molecule has 0 amide bonds. The SMILES string of the molecule is CCCCCCCCCCCCCCCC(=O)OCCOCCOCC. The van der Waals surface area contributed by atoms with Crippen LogP contribution < -0.4 is 0 Å². The molecule has 0 aromatic rings. The summed E-state index contributed by atoms with van der Waals surface area (Å²) in [6.07, 6.45) is 17.7. The maximum Gasteiger partial charge on any atom is 0.305 e. The van der Waals surface area contributed by atoms with E-state index >= 15 is 0 Å². The fraction of sp³-hybridized carbons (Fsp3) is 0.955. The van der Waals surface area contributed by atoms with Crippen LogP contribution in [0, 0.1) is 0 Å². The van der Waals surface area contributed by atoms with Crippen LogP contribution in [0.2, 0.25) is 0 Å².